The molecular weight excluding hydrogens is 169 g/mol. The molecule has 0 heterocycles. The first-order chi connectivity index (χ1) is 2.00. The van der Waals surface area contributed by atoms with Crippen molar-refractivity contribution in [1.29, 1.82) is 0 Å². The third-order valence-corrected chi connectivity index (χ3v) is 0. The van der Waals surface area contributed by atoms with Crippen LogP contribution in [0.1, 0.15) is 0 Å². The second-order valence-corrected chi connectivity index (χ2v) is 1.54. The van der Waals surface area contributed by atoms with Gasteiger partial charge >= 0.3 is 10.3 Å². The molecule has 0 aliphatic carbocycles. The van der Waals surface area contributed by atoms with Gasteiger partial charge in [-0.05, 0) is 0 Å². The van der Waals surface area contributed by atoms with Gasteiger partial charge in [0.1, 0.15) is 0 Å². The molecule has 0 aromatic rings. The first-order valence-corrected chi connectivity index (χ1v) is 2.25. The van der Waals surface area contributed by atoms with Crippen molar-refractivity contribution >= 4 is 10.3 Å². The van der Waals surface area contributed by atoms with E-state index >= 15 is 0 Å². The zero-order valence-electron chi connectivity index (χ0n) is 3.07. The van der Waals surface area contributed by atoms with Gasteiger partial charge in [0.05, 0.1) is 0 Å². The standard InChI is InChI=1S/H3NO3S.Ni.H2O/c1-5(2,3)4;;/h(H3,1,2,3,4);;1H2. The predicted molar refractivity (Wildman–Crippen MR) is 19.3 cm³/mol. The molecule has 0 unspecified atom stereocenters. The summed E-state index contributed by atoms with van der Waals surface area (Å²) in [5, 5.41) is 3.88. The van der Waals surface area contributed by atoms with Crippen LogP contribution in [0.15, 0.2) is 0 Å². The molecule has 0 aromatic carbocycles. The van der Waals surface area contributed by atoms with E-state index in [0.29, 0.717) is 0 Å². The van der Waals surface area contributed by atoms with E-state index in [2.05, 4.69) is 5.14 Å². The van der Waals surface area contributed by atoms with Crippen molar-refractivity contribution in [2.75, 3.05) is 0 Å². The van der Waals surface area contributed by atoms with Crippen molar-refractivity contribution in [3.63, 3.8) is 0 Å². The molecule has 0 aromatic heterocycles. The number of nitrogens with two attached hydrogens (primary N) is 1. The molecule has 0 saturated carbocycles. The quantitative estimate of drug-likeness (QED) is 0.324. The van der Waals surface area contributed by atoms with Gasteiger partial charge in [-0.3, -0.25) is 4.55 Å². The fraction of sp³-hybridized carbons (Fsp3) is 0. The van der Waals surface area contributed by atoms with E-state index in [4.69, 9.17) is 13.0 Å². The molecule has 7 heteroatoms. The van der Waals surface area contributed by atoms with Crippen LogP contribution in [0.25, 0.3) is 0 Å². The third-order valence-electron chi connectivity index (χ3n) is 0. The summed E-state index contributed by atoms with van der Waals surface area (Å²) in [6.45, 7) is 0. The average Bonchev–Trinajstić information content (AvgIpc) is 0.722. The van der Waals surface area contributed by atoms with Gasteiger partial charge in [0.25, 0.3) is 0 Å². The molecular formula is H5NNiO4S. The van der Waals surface area contributed by atoms with Crippen molar-refractivity contribution in [3.8, 4) is 0 Å². The van der Waals surface area contributed by atoms with Crippen molar-refractivity contribution in [2.45, 2.75) is 0 Å². The molecule has 0 amide bonds. The van der Waals surface area contributed by atoms with Gasteiger partial charge in [-0.1, -0.05) is 0 Å². The second-order valence-electron chi connectivity index (χ2n) is 0.515. The Morgan fingerprint density at radius 3 is 1.43 bits per heavy atom. The maximum atomic E-state index is 8.97. The van der Waals surface area contributed by atoms with Gasteiger partial charge in [-0.15, -0.1) is 0 Å². The van der Waals surface area contributed by atoms with E-state index in [1.807, 2.05) is 0 Å². The average molecular weight is 174 g/mol. The van der Waals surface area contributed by atoms with Crippen molar-refractivity contribution in [2.24, 2.45) is 5.14 Å². The van der Waals surface area contributed by atoms with Gasteiger partial charge in [-0.25, -0.2) is 5.14 Å². The van der Waals surface area contributed by atoms with Crippen LogP contribution in [-0.4, -0.2) is 18.4 Å². The van der Waals surface area contributed by atoms with Crippen LogP contribution in [0.5, 0.6) is 0 Å². The molecule has 0 aliphatic rings. The third kappa shape index (κ3) is 1130. The van der Waals surface area contributed by atoms with Crippen molar-refractivity contribution in [3.05, 3.63) is 0 Å². The normalized spacial score (nSPS) is 8.29. The van der Waals surface area contributed by atoms with Crippen LogP contribution in [0, 0.1) is 0 Å². The van der Waals surface area contributed by atoms with Gasteiger partial charge in [0.15, 0.2) is 0 Å². The first-order valence-electron chi connectivity index (χ1n) is 0.752. The zero-order valence-corrected chi connectivity index (χ0v) is 4.87. The summed E-state index contributed by atoms with van der Waals surface area (Å²) < 4.78 is 25.2. The van der Waals surface area contributed by atoms with Crippen LogP contribution < -0.4 is 5.14 Å². The molecule has 50 valence electrons. The molecule has 7 heavy (non-hydrogen) atoms. The fourth-order valence-electron chi connectivity index (χ4n) is 0. The van der Waals surface area contributed by atoms with E-state index < -0.39 is 10.3 Å². The molecule has 5 nitrogen and oxygen atoms in total. The van der Waals surface area contributed by atoms with Crippen molar-refractivity contribution in [1.82, 2.24) is 0 Å². The van der Waals surface area contributed by atoms with E-state index in [1.54, 1.807) is 0 Å². The smallest absolute Gasteiger partial charge is 0.330 e. The van der Waals surface area contributed by atoms with Crippen LogP contribution in [0.3, 0.4) is 0 Å². The van der Waals surface area contributed by atoms with Crippen LogP contribution in [-0.2, 0) is 26.8 Å². The molecule has 5 N–H and O–H groups in total. The molecule has 0 bridgehead atoms. The van der Waals surface area contributed by atoms with Crippen LogP contribution >= 0.6 is 0 Å². The van der Waals surface area contributed by atoms with E-state index in [1.165, 1.54) is 0 Å². The molecule has 0 atom stereocenters. The Morgan fingerprint density at radius 1 is 1.43 bits per heavy atom. The van der Waals surface area contributed by atoms with E-state index in [-0.39, 0.29) is 22.0 Å². The predicted octanol–water partition coefficient (Wildman–Crippen LogP) is -2.08. The summed E-state index contributed by atoms with van der Waals surface area (Å²) >= 11 is 0. The molecule has 0 fully saturated rings. The Hall–Kier alpha value is 0.324. The molecule has 0 spiro atoms. The Balaban J connectivity index is -0.0000000800. The SMILES string of the molecule is NS(=O)(=O)O.O.[Ni]. The van der Waals surface area contributed by atoms with Gasteiger partial charge in [0, 0.05) is 16.5 Å². The topological polar surface area (TPSA) is 112 Å². The minimum absolute atomic E-state index is 0. The second kappa shape index (κ2) is 4.48. The maximum absolute atomic E-state index is 8.97. The fourth-order valence-corrected chi connectivity index (χ4v) is 0. The number of hydrogen-bond acceptors (Lipinski definition) is 2. The minimum Gasteiger partial charge on any atom is -0.412 e. The Morgan fingerprint density at radius 2 is 1.43 bits per heavy atom. The number of rotatable bonds is 0. The van der Waals surface area contributed by atoms with Gasteiger partial charge < -0.3 is 5.48 Å². The summed E-state index contributed by atoms with van der Waals surface area (Å²) in [5.41, 5.74) is 0. The summed E-state index contributed by atoms with van der Waals surface area (Å²) in [4.78, 5) is 0. The number of hydrogen-bond donors (Lipinski definition) is 2. The summed E-state index contributed by atoms with van der Waals surface area (Å²) in [7, 11) is -4.17. The Labute approximate surface area is 51.0 Å². The molecule has 0 radical (unpaired) electrons. The summed E-state index contributed by atoms with van der Waals surface area (Å²) in [5.74, 6) is 0. The molecule has 0 aliphatic heterocycles. The molecule has 0 rings (SSSR count). The van der Waals surface area contributed by atoms with E-state index in [0.717, 1.165) is 0 Å². The zero-order chi connectivity index (χ0) is 4.50. The molecule has 0 saturated heterocycles. The maximum Gasteiger partial charge on any atom is 0.330 e. The Kier molecular flexibility index (Phi) is 10.0. The van der Waals surface area contributed by atoms with Gasteiger partial charge in [0.2, 0.25) is 0 Å². The van der Waals surface area contributed by atoms with Gasteiger partial charge in [-0.2, -0.15) is 8.42 Å². The largest absolute Gasteiger partial charge is 0.412 e. The summed E-state index contributed by atoms with van der Waals surface area (Å²) in [6.07, 6.45) is 0. The first kappa shape index (κ1) is 15.7. The van der Waals surface area contributed by atoms with Crippen LogP contribution in [0.4, 0.5) is 0 Å². The monoisotopic (exact) mass is 173 g/mol. The van der Waals surface area contributed by atoms with Crippen molar-refractivity contribution < 1.29 is 34.9 Å². The van der Waals surface area contributed by atoms with E-state index in [9.17, 15) is 0 Å². The minimum atomic E-state index is -4.17. The van der Waals surface area contributed by atoms with Crippen LogP contribution in [0.2, 0.25) is 0 Å². The summed E-state index contributed by atoms with van der Waals surface area (Å²) in [6, 6.07) is 0. The Bertz CT molecular complexity index is 94.9.